The van der Waals surface area contributed by atoms with Crippen molar-refractivity contribution < 1.29 is 9.13 Å². The molecule has 2 N–H and O–H groups in total. The van der Waals surface area contributed by atoms with Crippen LogP contribution in [0.15, 0.2) is 53.6 Å². The maximum atomic E-state index is 13.6. The molecule has 0 aromatic heterocycles. The predicted octanol–water partition coefficient (Wildman–Crippen LogP) is 2.83. The summed E-state index contributed by atoms with van der Waals surface area (Å²) in [6.45, 7) is 0.153. The van der Waals surface area contributed by atoms with Crippen molar-refractivity contribution in [3.63, 3.8) is 0 Å². The van der Waals surface area contributed by atoms with Gasteiger partial charge in [0.2, 0.25) is 0 Å². The molecule has 0 aliphatic rings. The van der Waals surface area contributed by atoms with Crippen molar-refractivity contribution in [2.45, 2.75) is 6.61 Å². The third-order valence-electron chi connectivity index (χ3n) is 2.86. The van der Waals surface area contributed by atoms with Gasteiger partial charge in [0.05, 0.1) is 6.21 Å². The summed E-state index contributed by atoms with van der Waals surface area (Å²) in [6.07, 6.45) is 1.60. The number of hydrogen-bond donors (Lipinski definition) is 2. The van der Waals surface area contributed by atoms with E-state index in [0.29, 0.717) is 16.4 Å². The van der Waals surface area contributed by atoms with E-state index in [2.05, 4.69) is 15.8 Å². The average Bonchev–Trinajstić information content (AvgIpc) is 2.55. The highest BCUT2D eigenvalue weighted by atomic mass is 32.1. The number of hydrogen-bond acceptors (Lipinski definition) is 3. The fraction of sp³-hybridized carbons (Fsp3) is 0.125. The molecule has 6 heteroatoms. The Labute approximate surface area is 134 Å². The Balaban J connectivity index is 2.05. The maximum Gasteiger partial charge on any atom is 0.186 e. The Hall–Kier alpha value is -2.47. The monoisotopic (exact) mass is 317 g/mol. The third-order valence-corrected chi connectivity index (χ3v) is 3.15. The molecule has 0 bridgehead atoms. The lowest BCUT2D eigenvalue weighted by molar-refractivity contribution is 0.299. The van der Waals surface area contributed by atoms with Gasteiger partial charge in [-0.1, -0.05) is 30.3 Å². The number of benzene rings is 2. The van der Waals surface area contributed by atoms with Crippen molar-refractivity contribution >= 4 is 23.5 Å². The van der Waals surface area contributed by atoms with Crippen molar-refractivity contribution in [3.05, 3.63) is 65.5 Å². The van der Waals surface area contributed by atoms with Crippen molar-refractivity contribution in [3.8, 4) is 5.75 Å². The summed E-state index contributed by atoms with van der Waals surface area (Å²) in [5.74, 6) is 0.335. The molecular weight excluding hydrogens is 301 g/mol. The van der Waals surface area contributed by atoms with Crippen molar-refractivity contribution in [2.24, 2.45) is 5.10 Å². The standard InChI is InChI=1S/C16H16FN3OS/c1-18-16(22)20-19-10-12-6-3-5-9-15(12)21-11-13-7-2-4-8-14(13)17/h2-10H,11H2,1H3,(H2,18,20,22). The average molecular weight is 317 g/mol. The van der Waals surface area contributed by atoms with E-state index in [1.165, 1.54) is 6.07 Å². The summed E-state index contributed by atoms with van der Waals surface area (Å²) in [7, 11) is 1.70. The van der Waals surface area contributed by atoms with Gasteiger partial charge in [0.25, 0.3) is 0 Å². The van der Waals surface area contributed by atoms with Crippen molar-refractivity contribution in [1.82, 2.24) is 10.7 Å². The number of para-hydroxylation sites is 1. The lowest BCUT2D eigenvalue weighted by Crippen LogP contribution is -2.28. The minimum atomic E-state index is -0.283. The highest BCUT2D eigenvalue weighted by Crippen LogP contribution is 2.18. The molecule has 2 rings (SSSR count). The van der Waals surface area contributed by atoms with E-state index < -0.39 is 0 Å². The van der Waals surface area contributed by atoms with E-state index in [0.717, 1.165) is 5.56 Å². The second-order valence-electron chi connectivity index (χ2n) is 4.37. The molecule has 0 aliphatic heterocycles. The van der Waals surface area contributed by atoms with Gasteiger partial charge < -0.3 is 10.1 Å². The quantitative estimate of drug-likeness (QED) is 0.506. The minimum absolute atomic E-state index is 0.153. The van der Waals surface area contributed by atoms with Crippen LogP contribution in [0.1, 0.15) is 11.1 Å². The van der Waals surface area contributed by atoms with Crippen LogP contribution < -0.4 is 15.5 Å². The molecule has 0 spiro atoms. The zero-order valence-corrected chi connectivity index (χ0v) is 12.9. The fourth-order valence-electron chi connectivity index (χ4n) is 1.71. The van der Waals surface area contributed by atoms with Crippen LogP contribution in [-0.2, 0) is 6.61 Å². The van der Waals surface area contributed by atoms with Crippen LogP contribution in [0.25, 0.3) is 0 Å². The van der Waals surface area contributed by atoms with Gasteiger partial charge in [-0.15, -0.1) is 0 Å². The van der Waals surface area contributed by atoms with Crippen LogP contribution >= 0.6 is 12.2 Å². The molecule has 0 radical (unpaired) electrons. The Kier molecular flexibility index (Phi) is 5.85. The molecule has 0 aliphatic carbocycles. The Morgan fingerprint density at radius 3 is 2.73 bits per heavy atom. The SMILES string of the molecule is CNC(=S)NN=Cc1ccccc1OCc1ccccc1F. The number of nitrogens with one attached hydrogen (secondary N) is 2. The first-order valence-electron chi connectivity index (χ1n) is 6.66. The molecule has 2 aromatic carbocycles. The normalized spacial score (nSPS) is 10.5. The van der Waals surface area contributed by atoms with E-state index in [-0.39, 0.29) is 12.4 Å². The van der Waals surface area contributed by atoms with Crippen LogP contribution in [-0.4, -0.2) is 18.4 Å². The molecule has 0 unspecified atom stereocenters. The van der Waals surface area contributed by atoms with Crippen LogP contribution in [0.2, 0.25) is 0 Å². The minimum Gasteiger partial charge on any atom is -0.488 e. The molecular formula is C16H16FN3OS. The Morgan fingerprint density at radius 2 is 1.95 bits per heavy atom. The lowest BCUT2D eigenvalue weighted by Gasteiger charge is -2.09. The zero-order valence-electron chi connectivity index (χ0n) is 12.0. The summed E-state index contributed by atoms with van der Waals surface area (Å²) in [5.41, 5.74) is 3.94. The van der Waals surface area contributed by atoms with Crippen molar-refractivity contribution in [1.29, 1.82) is 0 Å². The summed E-state index contributed by atoms with van der Waals surface area (Å²) in [6, 6.07) is 13.9. The maximum absolute atomic E-state index is 13.6. The number of hydrazone groups is 1. The first-order valence-corrected chi connectivity index (χ1v) is 7.07. The molecule has 4 nitrogen and oxygen atoms in total. The van der Waals surface area contributed by atoms with Crippen molar-refractivity contribution in [2.75, 3.05) is 7.05 Å². The molecule has 0 amide bonds. The summed E-state index contributed by atoms with van der Waals surface area (Å²) in [5, 5.41) is 7.18. The molecule has 0 saturated carbocycles. The number of nitrogens with zero attached hydrogens (tertiary/aromatic N) is 1. The van der Waals surface area contributed by atoms with Crippen LogP contribution in [0.3, 0.4) is 0 Å². The Bertz CT molecular complexity index is 676. The van der Waals surface area contributed by atoms with Crippen LogP contribution in [0.4, 0.5) is 4.39 Å². The number of thiocarbonyl (C=S) groups is 1. The van der Waals surface area contributed by atoms with Gasteiger partial charge in [-0.3, -0.25) is 5.43 Å². The first-order chi connectivity index (χ1) is 10.7. The van der Waals surface area contributed by atoms with Gasteiger partial charge in [0.1, 0.15) is 18.2 Å². The second-order valence-corrected chi connectivity index (χ2v) is 4.78. The van der Waals surface area contributed by atoms with Gasteiger partial charge in [0, 0.05) is 18.2 Å². The van der Waals surface area contributed by atoms with E-state index in [4.69, 9.17) is 17.0 Å². The van der Waals surface area contributed by atoms with Gasteiger partial charge in [0.15, 0.2) is 5.11 Å². The van der Waals surface area contributed by atoms with Crippen LogP contribution in [0, 0.1) is 5.82 Å². The van der Waals surface area contributed by atoms with Crippen LogP contribution in [0.5, 0.6) is 5.75 Å². The van der Waals surface area contributed by atoms with E-state index >= 15 is 0 Å². The highest BCUT2D eigenvalue weighted by molar-refractivity contribution is 7.80. The van der Waals surface area contributed by atoms with E-state index in [1.54, 1.807) is 37.5 Å². The van der Waals surface area contributed by atoms with E-state index in [1.807, 2.05) is 18.2 Å². The first kappa shape index (κ1) is 15.9. The van der Waals surface area contributed by atoms with Gasteiger partial charge in [-0.25, -0.2) is 4.39 Å². The summed E-state index contributed by atoms with van der Waals surface area (Å²) >= 11 is 4.92. The van der Waals surface area contributed by atoms with Gasteiger partial charge in [-0.2, -0.15) is 5.10 Å². The fourth-order valence-corrected chi connectivity index (χ4v) is 1.76. The lowest BCUT2D eigenvalue weighted by atomic mass is 10.2. The molecule has 22 heavy (non-hydrogen) atoms. The summed E-state index contributed by atoms with van der Waals surface area (Å²) < 4.78 is 19.3. The number of rotatable bonds is 5. The largest absolute Gasteiger partial charge is 0.488 e. The Morgan fingerprint density at radius 1 is 1.23 bits per heavy atom. The molecule has 0 fully saturated rings. The number of ether oxygens (including phenoxy) is 1. The molecule has 0 atom stereocenters. The molecule has 2 aromatic rings. The second kappa shape index (κ2) is 8.09. The predicted molar refractivity (Wildman–Crippen MR) is 89.6 cm³/mol. The molecule has 114 valence electrons. The highest BCUT2D eigenvalue weighted by Gasteiger charge is 2.04. The van der Waals surface area contributed by atoms with E-state index in [9.17, 15) is 4.39 Å². The topological polar surface area (TPSA) is 45.7 Å². The zero-order chi connectivity index (χ0) is 15.8. The number of halogens is 1. The molecule has 0 saturated heterocycles. The van der Waals surface area contributed by atoms with Gasteiger partial charge >= 0.3 is 0 Å². The third kappa shape index (κ3) is 4.53. The van der Waals surface area contributed by atoms with Gasteiger partial charge in [-0.05, 0) is 30.4 Å². The molecule has 0 heterocycles. The summed E-state index contributed by atoms with van der Waals surface area (Å²) in [4.78, 5) is 0. The smallest absolute Gasteiger partial charge is 0.186 e.